The molecule has 0 aliphatic carbocycles. The smallest absolute Gasteiger partial charge is 0.391 e. The zero-order valence-corrected chi connectivity index (χ0v) is 17.3. The van der Waals surface area contributed by atoms with Crippen LogP contribution >= 0.6 is 20.4 Å². The van der Waals surface area contributed by atoms with Gasteiger partial charge >= 0.3 is 8.60 Å². The van der Waals surface area contributed by atoms with Crippen molar-refractivity contribution in [2.45, 2.75) is 44.0 Å². The van der Waals surface area contributed by atoms with Crippen LogP contribution < -0.4 is 4.52 Å². The summed E-state index contributed by atoms with van der Waals surface area (Å²) in [6.07, 6.45) is 0. The normalized spacial score (nSPS) is 11.9. The SMILES string of the molecule is CC(C)Sc1nc2cc(OP(O)O)c(C(C)C)cc2n1-c1ccc(F)cc1. The minimum absolute atomic E-state index is 0.108. The predicted octanol–water partition coefficient (Wildman–Crippen LogP) is 5.38. The molecule has 2 aromatic carbocycles. The van der Waals surface area contributed by atoms with E-state index in [-0.39, 0.29) is 11.7 Å². The second kappa shape index (κ2) is 8.15. The molecule has 3 rings (SSSR count). The second-order valence-corrected chi connectivity index (χ2v) is 8.98. The number of rotatable bonds is 6. The van der Waals surface area contributed by atoms with Crippen LogP contribution in [-0.2, 0) is 0 Å². The van der Waals surface area contributed by atoms with E-state index in [9.17, 15) is 14.2 Å². The first kappa shape index (κ1) is 20.1. The molecule has 0 amide bonds. The van der Waals surface area contributed by atoms with Crippen molar-refractivity contribution in [3.05, 3.63) is 47.8 Å². The number of imidazole rings is 1. The molecule has 0 radical (unpaired) electrons. The molecule has 0 fully saturated rings. The van der Waals surface area contributed by atoms with Crippen molar-refractivity contribution in [3.63, 3.8) is 0 Å². The molecule has 2 N–H and O–H groups in total. The molecule has 8 heteroatoms. The Morgan fingerprint density at radius 3 is 2.33 bits per heavy atom. The van der Waals surface area contributed by atoms with Gasteiger partial charge in [-0.05, 0) is 41.8 Å². The summed E-state index contributed by atoms with van der Waals surface area (Å²) in [5.74, 6) is 0.231. The molecular formula is C19H22FN2O3PS. The number of benzene rings is 2. The molecule has 0 spiro atoms. The molecule has 3 aromatic rings. The van der Waals surface area contributed by atoms with Gasteiger partial charge in [0.2, 0.25) is 0 Å². The summed E-state index contributed by atoms with van der Waals surface area (Å²) in [7, 11) is -2.52. The Hall–Kier alpha value is -1.66. The molecule has 0 saturated carbocycles. The number of hydrogen-bond donors (Lipinski definition) is 2. The Kier molecular flexibility index (Phi) is 6.06. The van der Waals surface area contributed by atoms with E-state index in [2.05, 4.69) is 13.8 Å². The van der Waals surface area contributed by atoms with Crippen molar-refractivity contribution in [3.8, 4) is 11.4 Å². The van der Waals surface area contributed by atoms with E-state index in [4.69, 9.17) is 9.51 Å². The average molecular weight is 408 g/mol. The lowest BCUT2D eigenvalue weighted by molar-refractivity contribution is 0.373. The quantitative estimate of drug-likeness (QED) is 0.423. The highest BCUT2D eigenvalue weighted by Crippen LogP contribution is 2.39. The highest BCUT2D eigenvalue weighted by atomic mass is 32.2. The molecule has 1 heterocycles. The summed E-state index contributed by atoms with van der Waals surface area (Å²) in [5.41, 5.74) is 3.21. The van der Waals surface area contributed by atoms with Crippen LogP contribution in [0.3, 0.4) is 0 Å². The third kappa shape index (κ3) is 4.43. The molecule has 1 aromatic heterocycles. The molecule has 144 valence electrons. The molecule has 0 bridgehead atoms. The van der Waals surface area contributed by atoms with Gasteiger partial charge in [0, 0.05) is 17.0 Å². The van der Waals surface area contributed by atoms with Crippen LogP contribution in [-0.4, -0.2) is 24.6 Å². The zero-order chi connectivity index (χ0) is 19.7. The van der Waals surface area contributed by atoms with Crippen LogP contribution in [0.25, 0.3) is 16.7 Å². The lowest BCUT2D eigenvalue weighted by atomic mass is 10.0. The molecule has 0 saturated heterocycles. The Balaban J connectivity index is 2.26. The number of hydrogen-bond acceptors (Lipinski definition) is 5. The summed E-state index contributed by atoms with van der Waals surface area (Å²) in [6, 6.07) is 9.99. The van der Waals surface area contributed by atoms with Crippen molar-refractivity contribution >= 4 is 31.4 Å². The molecule has 0 atom stereocenters. The number of halogens is 1. The topological polar surface area (TPSA) is 67.5 Å². The van der Waals surface area contributed by atoms with Crippen molar-refractivity contribution < 1.29 is 18.7 Å². The van der Waals surface area contributed by atoms with E-state index in [1.54, 1.807) is 30.0 Å². The van der Waals surface area contributed by atoms with Crippen LogP contribution in [0.5, 0.6) is 5.75 Å². The fraction of sp³-hybridized carbons (Fsp3) is 0.316. The number of aromatic nitrogens is 2. The van der Waals surface area contributed by atoms with Crippen LogP contribution in [0.15, 0.2) is 41.6 Å². The minimum Gasteiger partial charge on any atom is -0.427 e. The van der Waals surface area contributed by atoms with Gasteiger partial charge in [0.15, 0.2) is 5.16 Å². The van der Waals surface area contributed by atoms with E-state index in [1.807, 2.05) is 24.5 Å². The van der Waals surface area contributed by atoms with Crippen molar-refractivity contribution in [2.75, 3.05) is 0 Å². The van der Waals surface area contributed by atoms with Crippen LogP contribution in [0.2, 0.25) is 0 Å². The standard InChI is InChI=1S/C19H22FN2O3PS/c1-11(2)15-9-17-16(10-18(15)25-26(23)24)21-19(27-12(3)4)22(17)14-7-5-13(20)6-8-14/h5-12,23-24H,1-4H3. The first-order valence-electron chi connectivity index (χ1n) is 8.61. The Morgan fingerprint density at radius 1 is 1.11 bits per heavy atom. The Morgan fingerprint density at radius 2 is 1.78 bits per heavy atom. The molecule has 5 nitrogen and oxygen atoms in total. The number of thioether (sulfide) groups is 1. The Bertz CT molecular complexity index is 942. The van der Waals surface area contributed by atoms with Gasteiger partial charge in [-0.1, -0.05) is 39.5 Å². The van der Waals surface area contributed by atoms with E-state index in [0.29, 0.717) is 16.5 Å². The van der Waals surface area contributed by atoms with Gasteiger partial charge in [0.05, 0.1) is 11.0 Å². The lowest BCUT2D eigenvalue weighted by Crippen LogP contribution is -2.00. The third-order valence-corrected chi connectivity index (χ3v) is 5.30. The number of fused-ring (bicyclic) bond motifs is 1. The maximum atomic E-state index is 13.4. The molecular weight excluding hydrogens is 386 g/mol. The van der Waals surface area contributed by atoms with Crippen molar-refractivity contribution in [2.24, 2.45) is 0 Å². The summed E-state index contributed by atoms with van der Waals surface area (Å²) in [5, 5.41) is 1.10. The van der Waals surface area contributed by atoms with Crippen molar-refractivity contribution in [1.29, 1.82) is 0 Å². The molecule has 0 aliphatic rings. The monoisotopic (exact) mass is 408 g/mol. The zero-order valence-electron chi connectivity index (χ0n) is 15.5. The van der Waals surface area contributed by atoms with Crippen LogP contribution in [0, 0.1) is 5.82 Å². The summed E-state index contributed by atoms with van der Waals surface area (Å²) in [4.78, 5) is 23.3. The predicted molar refractivity (Wildman–Crippen MR) is 108 cm³/mol. The lowest BCUT2D eigenvalue weighted by Gasteiger charge is -2.15. The maximum absolute atomic E-state index is 13.4. The summed E-state index contributed by atoms with van der Waals surface area (Å²) < 4.78 is 20.6. The fourth-order valence-corrected chi connectivity index (χ4v) is 4.06. The molecule has 0 aliphatic heterocycles. The van der Waals surface area contributed by atoms with Gasteiger partial charge in [-0.15, -0.1) is 0 Å². The van der Waals surface area contributed by atoms with E-state index < -0.39 is 8.60 Å². The van der Waals surface area contributed by atoms with Gasteiger partial charge in [0.25, 0.3) is 0 Å². The highest BCUT2D eigenvalue weighted by molar-refractivity contribution is 7.99. The Labute approximate surface area is 163 Å². The number of nitrogens with zero attached hydrogens (tertiary/aromatic N) is 2. The van der Waals surface area contributed by atoms with Gasteiger partial charge in [-0.25, -0.2) is 9.37 Å². The highest BCUT2D eigenvalue weighted by Gasteiger charge is 2.20. The van der Waals surface area contributed by atoms with E-state index >= 15 is 0 Å². The third-order valence-electron chi connectivity index (χ3n) is 3.98. The average Bonchev–Trinajstić information content (AvgIpc) is 2.90. The molecule has 0 unspecified atom stereocenters. The van der Waals surface area contributed by atoms with E-state index in [0.717, 1.165) is 21.9 Å². The maximum Gasteiger partial charge on any atom is 0.391 e. The van der Waals surface area contributed by atoms with Gasteiger partial charge in [-0.2, -0.15) is 0 Å². The minimum atomic E-state index is -2.52. The molecule has 27 heavy (non-hydrogen) atoms. The van der Waals surface area contributed by atoms with Gasteiger partial charge < -0.3 is 14.3 Å². The van der Waals surface area contributed by atoms with Crippen molar-refractivity contribution in [1.82, 2.24) is 9.55 Å². The van der Waals surface area contributed by atoms with Gasteiger partial charge in [0.1, 0.15) is 11.6 Å². The van der Waals surface area contributed by atoms with Crippen LogP contribution in [0.4, 0.5) is 4.39 Å². The van der Waals surface area contributed by atoms with E-state index in [1.165, 1.54) is 12.1 Å². The first-order valence-corrected chi connectivity index (χ1v) is 10.7. The van der Waals surface area contributed by atoms with Gasteiger partial charge in [-0.3, -0.25) is 4.57 Å². The second-order valence-electron chi connectivity index (χ2n) is 6.75. The first-order chi connectivity index (χ1) is 12.8. The fourth-order valence-electron chi connectivity index (χ4n) is 2.85. The summed E-state index contributed by atoms with van der Waals surface area (Å²) in [6.45, 7) is 8.18. The summed E-state index contributed by atoms with van der Waals surface area (Å²) >= 11 is 1.61. The van der Waals surface area contributed by atoms with Crippen LogP contribution in [0.1, 0.15) is 39.2 Å². The largest absolute Gasteiger partial charge is 0.427 e.